The van der Waals surface area contributed by atoms with E-state index in [2.05, 4.69) is 39.8 Å². The summed E-state index contributed by atoms with van der Waals surface area (Å²) >= 11 is 0. The lowest BCUT2D eigenvalue weighted by molar-refractivity contribution is 0.888. The lowest BCUT2D eigenvalue weighted by atomic mass is 9.93. The molecule has 0 atom stereocenters. The monoisotopic (exact) mass is 242 g/mol. The molecule has 0 saturated heterocycles. The van der Waals surface area contributed by atoms with Crippen molar-refractivity contribution in [1.29, 1.82) is 0 Å². The predicted octanol–water partition coefficient (Wildman–Crippen LogP) is 5.88. The first-order valence-electron chi connectivity index (χ1n) is 7.43. The van der Waals surface area contributed by atoms with Crippen LogP contribution in [-0.4, -0.2) is 0 Å². The molecule has 0 nitrogen and oxygen atoms in total. The van der Waals surface area contributed by atoms with E-state index in [1.54, 1.807) is 22.3 Å². The van der Waals surface area contributed by atoms with Gasteiger partial charge in [0.15, 0.2) is 0 Å². The highest BCUT2D eigenvalue weighted by Gasteiger charge is 2.17. The second-order valence-corrected chi connectivity index (χ2v) is 5.55. The van der Waals surface area contributed by atoms with E-state index in [1.807, 2.05) is 0 Å². The summed E-state index contributed by atoms with van der Waals surface area (Å²) < 4.78 is 0. The molecule has 0 amide bonds. The van der Waals surface area contributed by atoms with Gasteiger partial charge < -0.3 is 0 Å². The number of hydrogen-bond donors (Lipinski definition) is 0. The van der Waals surface area contributed by atoms with Crippen molar-refractivity contribution in [3.8, 4) is 0 Å². The molecule has 2 aliphatic carbocycles. The Morgan fingerprint density at radius 2 is 1.17 bits per heavy atom. The van der Waals surface area contributed by atoms with Crippen molar-refractivity contribution in [2.45, 2.75) is 66.2 Å². The topological polar surface area (TPSA) is 0 Å². The molecule has 0 fully saturated rings. The maximum atomic E-state index is 2.40. The number of rotatable bonds is 5. The molecule has 0 aliphatic heterocycles. The molecule has 0 radical (unpaired) electrons. The van der Waals surface area contributed by atoms with E-state index in [1.165, 1.54) is 49.7 Å². The van der Waals surface area contributed by atoms with Gasteiger partial charge in [0, 0.05) is 0 Å². The van der Waals surface area contributed by atoms with E-state index in [0.717, 1.165) is 0 Å². The van der Waals surface area contributed by atoms with Gasteiger partial charge in [-0.05, 0) is 63.5 Å². The summed E-state index contributed by atoms with van der Waals surface area (Å²) in [7, 11) is 0. The van der Waals surface area contributed by atoms with Crippen LogP contribution < -0.4 is 0 Å². The highest BCUT2D eigenvalue weighted by Crippen LogP contribution is 2.36. The smallest absolute Gasteiger partial charge is 0.0127 e. The molecule has 0 aromatic heterocycles. The van der Waals surface area contributed by atoms with Gasteiger partial charge in [-0.15, -0.1) is 0 Å². The van der Waals surface area contributed by atoms with Gasteiger partial charge >= 0.3 is 0 Å². The van der Waals surface area contributed by atoms with Crippen LogP contribution in [-0.2, 0) is 0 Å². The van der Waals surface area contributed by atoms with E-state index < -0.39 is 0 Å². The van der Waals surface area contributed by atoms with Crippen molar-refractivity contribution in [3.05, 3.63) is 45.6 Å². The molecular formula is C18H26. The summed E-state index contributed by atoms with van der Waals surface area (Å²) in [5.74, 6) is 0. The average molecular weight is 242 g/mol. The lowest BCUT2D eigenvalue weighted by Crippen LogP contribution is -1.93. The predicted molar refractivity (Wildman–Crippen MR) is 80.6 cm³/mol. The molecule has 0 saturated carbocycles. The zero-order chi connectivity index (χ0) is 13.1. The van der Waals surface area contributed by atoms with E-state index in [4.69, 9.17) is 0 Å². The maximum Gasteiger partial charge on any atom is -0.0127 e. The SMILES string of the molecule is CCC1=C(CCC2=C(CC)CC=C2C)C(C)=CC1. The van der Waals surface area contributed by atoms with Gasteiger partial charge in [-0.1, -0.05) is 48.3 Å². The molecule has 2 aliphatic rings. The molecule has 0 spiro atoms. The van der Waals surface area contributed by atoms with Crippen LogP contribution in [0.2, 0.25) is 0 Å². The van der Waals surface area contributed by atoms with Gasteiger partial charge in [-0.25, -0.2) is 0 Å². The first-order chi connectivity index (χ1) is 8.67. The zero-order valence-electron chi connectivity index (χ0n) is 12.4. The minimum atomic E-state index is 1.20. The Labute approximate surface area is 112 Å². The molecule has 0 aromatic carbocycles. The fraction of sp³-hybridized carbons (Fsp3) is 0.556. The molecule has 0 N–H and O–H groups in total. The van der Waals surface area contributed by atoms with Crippen LogP contribution in [0.1, 0.15) is 66.2 Å². The molecular weight excluding hydrogens is 216 g/mol. The normalized spacial score (nSPS) is 19.8. The Morgan fingerprint density at radius 3 is 1.50 bits per heavy atom. The highest BCUT2D eigenvalue weighted by molar-refractivity contribution is 5.45. The Kier molecular flexibility index (Phi) is 4.27. The highest BCUT2D eigenvalue weighted by atomic mass is 14.2. The van der Waals surface area contributed by atoms with Gasteiger partial charge in [0.25, 0.3) is 0 Å². The summed E-state index contributed by atoms with van der Waals surface area (Å²) in [6.45, 7) is 9.15. The van der Waals surface area contributed by atoms with Crippen LogP contribution in [0.4, 0.5) is 0 Å². The molecule has 0 heterocycles. The van der Waals surface area contributed by atoms with Crippen LogP contribution in [0.25, 0.3) is 0 Å². The number of hydrogen-bond acceptors (Lipinski definition) is 0. The largest absolute Gasteiger partial charge is 0.0772 e. The second-order valence-electron chi connectivity index (χ2n) is 5.55. The van der Waals surface area contributed by atoms with Crippen molar-refractivity contribution in [1.82, 2.24) is 0 Å². The van der Waals surface area contributed by atoms with Crippen LogP contribution >= 0.6 is 0 Å². The molecule has 0 aromatic rings. The third kappa shape index (κ3) is 2.53. The number of allylic oxidation sites excluding steroid dienone is 8. The summed E-state index contributed by atoms with van der Waals surface area (Å²) in [5, 5.41) is 0. The third-order valence-corrected chi connectivity index (χ3v) is 4.59. The van der Waals surface area contributed by atoms with Gasteiger partial charge in [-0.2, -0.15) is 0 Å². The van der Waals surface area contributed by atoms with Crippen LogP contribution in [0, 0.1) is 0 Å². The lowest BCUT2D eigenvalue weighted by Gasteiger charge is -2.12. The summed E-state index contributed by atoms with van der Waals surface area (Å²) in [6.07, 6.45) is 12.1. The Bertz CT molecular complexity index is 408. The molecule has 98 valence electrons. The van der Waals surface area contributed by atoms with Gasteiger partial charge in [0.2, 0.25) is 0 Å². The van der Waals surface area contributed by atoms with E-state index in [0.29, 0.717) is 0 Å². The minimum absolute atomic E-state index is 1.20. The van der Waals surface area contributed by atoms with Crippen molar-refractivity contribution in [2.24, 2.45) is 0 Å². The first kappa shape index (κ1) is 13.4. The summed E-state index contributed by atoms with van der Waals surface area (Å²) in [4.78, 5) is 0. The molecule has 18 heavy (non-hydrogen) atoms. The minimum Gasteiger partial charge on any atom is -0.0772 e. The Hall–Kier alpha value is -1.04. The first-order valence-corrected chi connectivity index (χ1v) is 7.43. The van der Waals surface area contributed by atoms with E-state index in [-0.39, 0.29) is 0 Å². The fourth-order valence-electron chi connectivity index (χ4n) is 3.32. The van der Waals surface area contributed by atoms with Crippen LogP contribution in [0.3, 0.4) is 0 Å². The zero-order valence-corrected chi connectivity index (χ0v) is 12.4. The molecule has 0 bridgehead atoms. The van der Waals surface area contributed by atoms with Crippen molar-refractivity contribution in [2.75, 3.05) is 0 Å². The molecule has 0 unspecified atom stereocenters. The average Bonchev–Trinajstić information content (AvgIpc) is 2.90. The second kappa shape index (κ2) is 5.73. The van der Waals surface area contributed by atoms with Crippen LogP contribution in [0.5, 0.6) is 0 Å². The van der Waals surface area contributed by atoms with Gasteiger partial charge in [-0.3, -0.25) is 0 Å². The molecule has 0 heteroatoms. The standard InChI is InChI=1S/C18H26/c1-5-15-9-7-13(3)17(15)11-12-18-14(4)8-10-16(18)6-2/h7-8H,5-6,9-12H2,1-4H3. The maximum absolute atomic E-state index is 2.40. The quantitative estimate of drug-likeness (QED) is 0.564. The van der Waals surface area contributed by atoms with Crippen LogP contribution in [0.15, 0.2) is 45.6 Å². The van der Waals surface area contributed by atoms with Crippen molar-refractivity contribution < 1.29 is 0 Å². The fourth-order valence-corrected chi connectivity index (χ4v) is 3.32. The summed E-state index contributed by atoms with van der Waals surface area (Å²) in [5.41, 5.74) is 9.71. The van der Waals surface area contributed by atoms with Gasteiger partial charge in [0.1, 0.15) is 0 Å². The van der Waals surface area contributed by atoms with Crippen molar-refractivity contribution in [3.63, 3.8) is 0 Å². The third-order valence-electron chi connectivity index (χ3n) is 4.59. The van der Waals surface area contributed by atoms with E-state index in [9.17, 15) is 0 Å². The van der Waals surface area contributed by atoms with Gasteiger partial charge in [0.05, 0.1) is 0 Å². The Balaban J connectivity index is 2.08. The Morgan fingerprint density at radius 1 is 0.778 bits per heavy atom. The van der Waals surface area contributed by atoms with Crippen molar-refractivity contribution >= 4 is 0 Å². The molecule has 2 rings (SSSR count). The summed E-state index contributed by atoms with van der Waals surface area (Å²) in [6, 6.07) is 0. The van der Waals surface area contributed by atoms with E-state index >= 15 is 0 Å².